The van der Waals surface area contributed by atoms with Crippen molar-refractivity contribution in [2.24, 2.45) is 5.92 Å². The minimum atomic E-state index is -0.560. The summed E-state index contributed by atoms with van der Waals surface area (Å²) in [5.41, 5.74) is 1.68. The minimum absolute atomic E-state index is 0.170. The highest BCUT2D eigenvalue weighted by Crippen LogP contribution is 2.35. The molecule has 8 nitrogen and oxygen atoms in total. The van der Waals surface area contributed by atoms with Crippen LogP contribution in [0.4, 0.5) is 20.6 Å². The molecule has 1 aromatic carbocycles. The first kappa shape index (κ1) is 22.5. The molecule has 2 amide bonds. The van der Waals surface area contributed by atoms with Crippen LogP contribution in [0.25, 0.3) is 0 Å². The molecule has 0 aliphatic carbocycles. The van der Waals surface area contributed by atoms with E-state index in [9.17, 15) is 14.9 Å². The lowest BCUT2D eigenvalue weighted by Crippen LogP contribution is -2.36. The Kier molecular flexibility index (Phi) is 6.73. The summed E-state index contributed by atoms with van der Waals surface area (Å²) in [6, 6.07) is 12.7. The topological polar surface area (TPSA) is 98.6 Å². The molecule has 9 heteroatoms. The molecule has 2 aliphatic heterocycles. The van der Waals surface area contributed by atoms with E-state index in [2.05, 4.69) is 16.4 Å². The summed E-state index contributed by atoms with van der Waals surface area (Å²) in [5.74, 6) is -0.717. The third-order valence-corrected chi connectivity index (χ3v) is 6.19. The van der Waals surface area contributed by atoms with Gasteiger partial charge in [0.05, 0.1) is 42.1 Å². The van der Waals surface area contributed by atoms with Crippen LogP contribution in [0.3, 0.4) is 0 Å². The largest absolute Gasteiger partial charge is 0.442 e. The highest BCUT2D eigenvalue weighted by atomic mass is 19.1. The van der Waals surface area contributed by atoms with Crippen molar-refractivity contribution in [3.05, 3.63) is 54.1 Å². The zero-order valence-electron chi connectivity index (χ0n) is 18.4. The number of rotatable bonds is 6. The molecule has 2 atom stereocenters. The molecule has 0 saturated carbocycles. The molecule has 1 N–H and O–H groups in total. The maximum absolute atomic E-state index is 15.0. The summed E-state index contributed by atoms with van der Waals surface area (Å²) in [6.45, 7) is 3.12. The average Bonchev–Trinajstić information content (AvgIpc) is 3.20. The molecule has 2 saturated heterocycles. The molecular formula is C24H26FN5O3. The summed E-state index contributed by atoms with van der Waals surface area (Å²) in [4.78, 5) is 31.0. The van der Waals surface area contributed by atoms with Gasteiger partial charge in [-0.3, -0.25) is 14.7 Å². The van der Waals surface area contributed by atoms with Crippen LogP contribution >= 0.6 is 0 Å². The van der Waals surface area contributed by atoms with E-state index < -0.39 is 18.0 Å². The average molecular weight is 452 g/mol. The number of anilines is 2. The van der Waals surface area contributed by atoms with Gasteiger partial charge in [0.15, 0.2) is 0 Å². The number of hydrogen-bond acceptors (Lipinski definition) is 6. The molecule has 2 aliphatic rings. The summed E-state index contributed by atoms with van der Waals surface area (Å²) in [5, 5.41) is 12.3. The normalized spacial score (nSPS) is 19.7. The van der Waals surface area contributed by atoms with Crippen LogP contribution in [0.1, 0.15) is 31.4 Å². The van der Waals surface area contributed by atoms with E-state index in [4.69, 9.17) is 4.74 Å². The van der Waals surface area contributed by atoms with Gasteiger partial charge in [-0.25, -0.2) is 9.18 Å². The maximum atomic E-state index is 15.0. The van der Waals surface area contributed by atoms with Crippen LogP contribution in [0.15, 0.2) is 42.6 Å². The van der Waals surface area contributed by atoms with Gasteiger partial charge in [0.1, 0.15) is 11.9 Å². The van der Waals surface area contributed by atoms with Crippen molar-refractivity contribution in [3.63, 3.8) is 0 Å². The van der Waals surface area contributed by atoms with Crippen molar-refractivity contribution < 1.29 is 18.7 Å². The van der Waals surface area contributed by atoms with E-state index in [1.54, 1.807) is 18.3 Å². The quantitative estimate of drug-likeness (QED) is 0.724. The third kappa shape index (κ3) is 5.06. The first-order valence-electron chi connectivity index (χ1n) is 11.0. The Labute approximate surface area is 192 Å². The number of benzene rings is 1. The van der Waals surface area contributed by atoms with Crippen molar-refractivity contribution in [2.45, 2.75) is 31.8 Å². The number of carbonyl (C=O) groups excluding carboxylic acids is 2. The van der Waals surface area contributed by atoms with Crippen LogP contribution < -0.4 is 15.1 Å². The first-order valence-corrected chi connectivity index (χ1v) is 11.0. The van der Waals surface area contributed by atoms with Crippen molar-refractivity contribution >= 4 is 23.4 Å². The predicted molar refractivity (Wildman–Crippen MR) is 120 cm³/mol. The lowest BCUT2D eigenvalue weighted by molar-refractivity contribution is -0.119. The predicted octanol–water partition coefficient (Wildman–Crippen LogP) is 3.21. The Morgan fingerprint density at radius 3 is 2.76 bits per heavy atom. The summed E-state index contributed by atoms with van der Waals surface area (Å²) in [6.07, 6.45) is 2.19. The Hall–Kier alpha value is -3.67. The highest BCUT2D eigenvalue weighted by Gasteiger charge is 2.33. The first-order chi connectivity index (χ1) is 16.0. The smallest absolute Gasteiger partial charge is 0.414 e. The van der Waals surface area contributed by atoms with Crippen LogP contribution in [-0.4, -0.2) is 49.3 Å². The molecule has 3 heterocycles. The fourth-order valence-corrected chi connectivity index (χ4v) is 4.46. The number of nitrogens with one attached hydrogen (secondary N) is 1. The lowest BCUT2D eigenvalue weighted by atomic mass is 9.83. The van der Waals surface area contributed by atoms with Gasteiger partial charge in [0.2, 0.25) is 5.91 Å². The second kappa shape index (κ2) is 9.86. The molecule has 2 aromatic rings. The number of aromatic nitrogens is 1. The number of pyridine rings is 1. The van der Waals surface area contributed by atoms with Crippen LogP contribution in [-0.2, 0) is 9.53 Å². The minimum Gasteiger partial charge on any atom is -0.442 e. The lowest BCUT2D eigenvalue weighted by Gasteiger charge is -2.35. The molecule has 2 fully saturated rings. The van der Waals surface area contributed by atoms with E-state index in [0.29, 0.717) is 24.5 Å². The molecule has 0 radical (unpaired) electrons. The Morgan fingerprint density at radius 1 is 1.33 bits per heavy atom. The zero-order valence-corrected chi connectivity index (χ0v) is 18.4. The maximum Gasteiger partial charge on any atom is 0.414 e. The number of amides is 2. The molecule has 33 heavy (non-hydrogen) atoms. The summed E-state index contributed by atoms with van der Waals surface area (Å²) >= 11 is 0. The number of nitriles is 1. The monoisotopic (exact) mass is 451 g/mol. The van der Waals surface area contributed by atoms with E-state index >= 15 is 4.39 Å². The summed E-state index contributed by atoms with van der Waals surface area (Å²) in [7, 11) is 0. The van der Waals surface area contributed by atoms with Gasteiger partial charge < -0.3 is 15.0 Å². The number of hydrogen-bond donors (Lipinski definition) is 1. The Bertz CT molecular complexity index is 1050. The van der Waals surface area contributed by atoms with Gasteiger partial charge >= 0.3 is 6.09 Å². The SMILES string of the molecule is CC(=O)NC[C@H]1CN(c2ccc(N3CCC(C(C#N)c4ccccn4)CC3)c(F)c2)C(=O)O1. The van der Waals surface area contributed by atoms with Crippen molar-refractivity contribution in [1.82, 2.24) is 10.3 Å². The molecule has 1 aromatic heterocycles. The molecule has 172 valence electrons. The fourth-order valence-electron chi connectivity index (χ4n) is 4.46. The molecular weight excluding hydrogens is 425 g/mol. The molecule has 4 rings (SSSR count). The highest BCUT2D eigenvalue weighted by molar-refractivity contribution is 5.90. The number of halogens is 1. The number of cyclic esters (lactones) is 1. The standard InChI is InChI=1S/C24H26FN5O3/c1-16(31)28-14-19-15-30(24(32)33-19)18-5-6-23(21(25)12-18)29-10-7-17(8-11-29)20(13-26)22-4-2-3-9-27-22/h2-6,9,12,17,19-20H,7-8,10-11,14-15H2,1H3,(H,28,31)/t19-,20?/m0/s1. The third-order valence-electron chi connectivity index (χ3n) is 6.19. The molecule has 1 unspecified atom stereocenters. The van der Waals surface area contributed by atoms with Gasteiger partial charge in [-0.2, -0.15) is 5.26 Å². The van der Waals surface area contributed by atoms with Gasteiger partial charge in [-0.05, 0) is 49.1 Å². The van der Waals surface area contributed by atoms with Crippen molar-refractivity contribution in [1.29, 1.82) is 5.26 Å². The second-order valence-corrected chi connectivity index (χ2v) is 8.38. The zero-order chi connectivity index (χ0) is 23.4. The van der Waals surface area contributed by atoms with Crippen LogP contribution in [0, 0.1) is 23.1 Å². The Balaban J connectivity index is 1.39. The molecule has 0 spiro atoms. The van der Waals surface area contributed by atoms with E-state index in [-0.39, 0.29) is 30.8 Å². The number of ether oxygens (including phenoxy) is 1. The van der Waals surface area contributed by atoms with Gasteiger partial charge in [0.25, 0.3) is 0 Å². The van der Waals surface area contributed by atoms with E-state index in [1.165, 1.54) is 17.9 Å². The van der Waals surface area contributed by atoms with E-state index in [1.807, 2.05) is 23.1 Å². The van der Waals surface area contributed by atoms with Gasteiger partial charge in [0, 0.05) is 26.2 Å². The van der Waals surface area contributed by atoms with Gasteiger partial charge in [-0.1, -0.05) is 6.07 Å². The Morgan fingerprint density at radius 2 is 2.12 bits per heavy atom. The molecule has 0 bridgehead atoms. The van der Waals surface area contributed by atoms with Crippen LogP contribution in [0.2, 0.25) is 0 Å². The van der Waals surface area contributed by atoms with Gasteiger partial charge in [-0.15, -0.1) is 0 Å². The second-order valence-electron chi connectivity index (χ2n) is 8.38. The van der Waals surface area contributed by atoms with Crippen molar-refractivity contribution in [3.8, 4) is 6.07 Å². The fraction of sp³-hybridized carbons (Fsp3) is 0.417. The van der Waals surface area contributed by atoms with E-state index in [0.717, 1.165) is 18.5 Å². The number of nitrogens with zero attached hydrogens (tertiary/aromatic N) is 4. The van der Waals surface area contributed by atoms with Crippen LogP contribution in [0.5, 0.6) is 0 Å². The number of carbonyl (C=O) groups is 2. The van der Waals surface area contributed by atoms with Crippen molar-refractivity contribution in [2.75, 3.05) is 36.0 Å². The summed E-state index contributed by atoms with van der Waals surface area (Å²) < 4.78 is 20.3. The number of piperidine rings is 1.